The number of nitrogens with zero attached hydrogens (tertiary/aromatic N) is 1. The van der Waals surface area contributed by atoms with Gasteiger partial charge in [-0.3, -0.25) is 9.79 Å². The van der Waals surface area contributed by atoms with Crippen molar-refractivity contribution in [3.8, 4) is 0 Å². The molecule has 0 aromatic heterocycles. The monoisotopic (exact) mass is 225 g/mol. The first-order chi connectivity index (χ1) is 8.13. The van der Waals surface area contributed by atoms with Crippen LogP contribution in [-0.2, 0) is 4.79 Å². The number of para-hydroxylation sites is 1. The molecule has 1 aliphatic heterocycles. The lowest BCUT2D eigenvalue weighted by molar-refractivity contribution is -0.105. The zero-order valence-electron chi connectivity index (χ0n) is 10.2. The zero-order chi connectivity index (χ0) is 12.0. The van der Waals surface area contributed by atoms with Crippen LogP contribution in [0.25, 0.3) is 5.57 Å². The van der Waals surface area contributed by atoms with E-state index in [1.165, 1.54) is 0 Å². The first kappa shape index (κ1) is 10.5. The number of aliphatic imine (C=N–C) groups is 1. The van der Waals surface area contributed by atoms with Gasteiger partial charge in [-0.15, -0.1) is 0 Å². The highest BCUT2D eigenvalue weighted by Gasteiger charge is 2.38. The molecule has 3 rings (SSSR count). The van der Waals surface area contributed by atoms with Crippen molar-refractivity contribution in [1.82, 2.24) is 0 Å². The van der Waals surface area contributed by atoms with Crippen LogP contribution in [0.4, 0.5) is 5.69 Å². The fraction of sp³-hybridized carbons (Fsp3) is 0.333. The van der Waals surface area contributed by atoms with Gasteiger partial charge in [0.15, 0.2) is 0 Å². The lowest BCUT2D eigenvalue weighted by Crippen LogP contribution is -2.28. The number of rotatable bonds is 1. The molecule has 2 heteroatoms. The molecule has 2 nitrogen and oxygen atoms in total. The molecule has 86 valence electrons. The van der Waals surface area contributed by atoms with Crippen LogP contribution >= 0.6 is 0 Å². The summed E-state index contributed by atoms with van der Waals surface area (Å²) in [6.45, 7) is 4.42. The van der Waals surface area contributed by atoms with Gasteiger partial charge in [-0.2, -0.15) is 0 Å². The molecule has 0 unspecified atom stereocenters. The highest BCUT2D eigenvalue weighted by atomic mass is 16.1. The van der Waals surface area contributed by atoms with E-state index in [0.717, 1.165) is 47.2 Å². The summed E-state index contributed by atoms with van der Waals surface area (Å²) in [6.07, 6.45) is 2.86. The maximum atomic E-state index is 11.2. The smallest absolute Gasteiger partial charge is 0.146 e. The lowest BCUT2D eigenvalue weighted by Gasteiger charge is -2.31. The Morgan fingerprint density at radius 1 is 1.29 bits per heavy atom. The molecule has 0 atom stereocenters. The van der Waals surface area contributed by atoms with Gasteiger partial charge in [0.25, 0.3) is 0 Å². The Hall–Kier alpha value is -1.70. The molecule has 0 N–H and O–H groups in total. The Kier molecular flexibility index (Phi) is 2.09. The molecule has 0 amide bonds. The molecule has 0 bridgehead atoms. The largest absolute Gasteiger partial charge is 0.298 e. The normalized spacial score (nSPS) is 20.7. The van der Waals surface area contributed by atoms with Crippen molar-refractivity contribution in [3.05, 3.63) is 35.4 Å². The van der Waals surface area contributed by atoms with Gasteiger partial charge in [0.1, 0.15) is 6.29 Å². The fourth-order valence-electron chi connectivity index (χ4n) is 2.71. The molecule has 1 aromatic rings. The molecular formula is C15H15NO. The van der Waals surface area contributed by atoms with Gasteiger partial charge in [-0.1, -0.05) is 32.0 Å². The maximum absolute atomic E-state index is 11.2. The van der Waals surface area contributed by atoms with Crippen LogP contribution in [0.15, 0.2) is 34.8 Å². The Labute approximate surface area is 101 Å². The van der Waals surface area contributed by atoms with Crippen molar-refractivity contribution in [3.63, 3.8) is 0 Å². The van der Waals surface area contributed by atoms with Gasteiger partial charge in [0.2, 0.25) is 0 Å². The van der Waals surface area contributed by atoms with E-state index in [1.807, 2.05) is 18.2 Å². The van der Waals surface area contributed by atoms with Gasteiger partial charge in [-0.05, 0) is 18.9 Å². The van der Waals surface area contributed by atoms with Crippen molar-refractivity contribution < 1.29 is 4.79 Å². The summed E-state index contributed by atoms with van der Waals surface area (Å²) >= 11 is 0. The molecule has 0 fully saturated rings. The van der Waals surface area contributed by atoms with E-state index in [4.69, 9.17) is 4.99 Å². The molecule has 2 aliphatic rings. The summed E-state index contributed by atoms with van der Waals surface area (Å²) in [7, 11) is 0. The molecule has 1 aliphatic carbocycles. The number of carbonyl (C=O) groups excluding carboxylic acids is 1. The zero-order valence-corrected chi connectivity index (χ0v) is 10.2. The number of fused-ring (bicyclic) bond motifs is 3. The minimum absolute atomic E-state index is 0.0703. The summed E-state index contributed by atoms with van der Waals surface area (Å²) in [5.74, 6) is 0. The van der Waals surface area contributed by atoms with E-state index in [9.17, 15) is 4.79 Å². The molecule has 0 radical (unpaired) electrons. The Balaban J connectivity index is 2.30. The summed E-state index contributed by atoms with van der Waals surface area (Å²) in [5.41, 5.74) is 5.29. The van der Waals surface area contributed by atoms with E-state index in [1.54, 1.807) is 0 Å². The van der Waals surface area contributed by atoms with Crippen molar-refractivity contribution in [2.75, 3.05) is 0 Å². The van der Waals surface area contributed by atoms with Crippen LogP contribution in [0, 0.1) is 5.41 Å². The van der Waals surface area contributed by atoms with Crippen LogP contribution in [0.1, 0.15) is 32.3 Å². The average Bonchev–Trinajstić information content (AvgIpc) is 2.71. The van der Waals surface area contributed by atoms with Gasteiger partial charge in [0, 0.05) is 22.1 Å². The van der Waals surface area contributed by atoms with Gasteiger partial charge in [0.05, 0.1) is 11.4 Å². The highest BCUT2D eigenvalue weighted by molar-refractivity contribution is 6.34. The number of benzene rings is 1. The second-order valence-electron chi connectivity index (χ2n) is 5.38. The van der Waals surface area contributed by atoms with Gasteiger partial charge >= 0.3 is 0 Å². The summed E-state index contributed by atoms with van der Waals surface area (Å²) < 4.78 is 0. The average molecular weight is 225 g/mol. The summed E-state index contributed by atoms with van der Waals surface area (Å²) in [5, 5.41) is 0. The Bertz CT molecular complexity index is 564. The molecule has 17 heavy (non-hydrogen) atoms. The molecule has 1 heterocycles. The highest BCUT2D eigenvalue weighted by Crippen LogP contribution is 2.47. The third-order valence-corrected chi connectivity index (χ3v) is 3.77. The first-order valence-electron chi connectivity index (χ1n) is 6.01. The number of aldehydes is 1. The van der Waals surface area contributed by atoms with Crippen LogP contribution in [-0.4, -0.2) is 12.0 Å². The van der Waals surface area contributed by atoms with E-state index in [0.29, 0.717) is 0 Å². The van der Waals surface area contributed by atoms with E-state index in [-0.39, 0.29) is 5.41 Å². The van der Waals surface area contributed by atoms with Crippen molar-refractivity contribution in [1.29, 1.82) is 0 Å². The topological polar surface area (TPSA) is 29.4 Å². The molecule has 0 saturated carbocycles. The Morgan fingerprint density at radius 3 is 2.82 bits per heavy atom. The van der Waals surface area contributed by atoms with Crippen molar-refractivity contribution in [2.24, 2.45) is 10.4 Å². The third kappa shape index (κ3) is 1.40. The van der Waals surface area contributed by atoms with Crippen LogP contribution in [0.5, 0.6) is 0 Å². The summed E-state index contributed by atoms with van der Waals surface area (Å²) in [6, 6.07) is 8.08. The lowest BCUT2D eigenvalue weighted by atomic mass is 9.72. The molecule has 0 saturated heterocycles. The maximum Gasteiger partial charge on any atom is 0.146 e. The predicted molar refractivity (Wildman–Crippen MR) is 69.5 cm³/mol. The van der Waals surface area contributed by atoms with Crippen molar-refractivity contribution >= 4 is 23.3 Å². The third-order valence-electron chi connectivity index (χ3n) is 3.77. The quantitative estimate of drug-likeness (QED) is 0.672. The van der Waals surface area contributed by atoms with Crippen LogP contribution in [0.2, 0.25) is 0 Å². The van der Waals surface area contributed by atoms with Crippen molar-refractivity contribution in [2.45, 2.75) is 26.7 Å². The number of hydrogen-bond acceptors (Lipinski definition) is 2. The second kappa shape index (κ2) is 3.39. The van der Waals surface area contributed by atoms with E-state index in [2.05, 4.69) is 19.9 Å². The second-order valence-corrected chi connectivity index (χ2v) is 5.38. The SMILES string of the molecule is CC1(C)CCC(C=O)=C2C1=Nc1ccccc12. The van der Waals surface area contributed by atoms with E-state index < -0.39 is 0 Å². The van der Waals surface area contributed by atoms with Gasteiger partial charge in [-0.25, -0.2) is 0 Å². The standard InChI is InChI=1S/C15H15NO/c1-15(2)8-7-10(9-17)13-11-5-3-4-6-12(11)16-14(13)15/h3-6,9H,7-8H2,1-2H3. The minimum atomic E-state index is 0.0703. The molecule has 1 aromatic carbocycles. The predicted octanol–water partition coefficient (Wildman–Crippen LogP) is 3.55. The van der Waals surface area contributed by atoms with Crippen LogP contribution in [0.3, 0.4) is 0 Å². The Morgan fingerprint density at radius 2 is 2.06 bits per heavy atom. The molecule has 0 spiro atoms. The van der Waals surface area contributed by atoms with Gasteiger partial charge < -0.3 is 0 Å². The molecular weight excluding hydrogens is 210 g/mol. The summed E-state index contributed by atoms with van der Waals surface area (Å²) in [4.78, 5) is 15.9. The fourth-order valence-corrected chi connectivity index (χ4v) is 2.71. The van der Waals surface area contributed by atoms with E-state index >= 15 is 0 Å². The number of hydrogen-bond donors (Lipinski definition) is 0. The number of carbonyl (C=O) groups is 1. The van der Waals surface area contributed by atoms with Crippen LogP contribution < -0.4 is 0 Å². The first-order valence-corrected chi connectivity index (χ1v) is 6.01. The number of allylic oxidation sites excluding steroid dienone is 2. The minimum Gasteiger partial charge on any atom is -0.298 e.